The van der Waals surface area contributed by atoms with E-state index < -0.39 is 11.4 Å². The van der Waals surface area contributed by atoms with E-state index in [0.29, 0.717) is 0 Å². The Bertz CT molecular complexity index is 477. The molecule has 0 radical (unpaired) electrons. The first-order valence-electron chi connectivity index (χ1n) is 7.43. The van der Waals surface area contributed by atoms with Gasteiger partial charge in [-0.1, -0.05) is 37.6 Å². The van der Waals surface area contributed by atoms with E-state index in [1.54, 1.807) is 13.8 Å². The number of rotatable bonds is 8. The van der Waals surface area contributed by atoms with Crippen LogP contribution in [0.1, 0.15) is 44.7 Å². The third kappa shape index (κ3) is 5.98. The van der Waals surface area contributed by atoms with Crippen molar-refractivity contribution in [2.24, 2.45) is 5.41 Å². The molecule has 4 heteroatoms. The van der Waals surface area contributed by atoms with E-state index in [-0.39, 0.29) is 18.9 Å². The predicted molar refractivity (Wildman–Crippen MR) is 83.2 cm³/mol. The smallest absolute Gasteiger partial charge is 0.310 e. The van der Waals surface area contributed by atoms with E-state index in [1.165, 1.54) is 18.4 Å². The van der Waals surface area contributed by atoms with Gasteiger partial charge in [0.2, 0.25) is 5.91 Å². The number of hydrogen-bond donors (Lipinski definition) is 2. The van der Waals surface area contributed by atoms with Crippen molar-refractivity contribution in [2.45, 2.75) is 46.5 Å². The zero-order valence-electron chi connectivity index (χ0n) is 13.1. The first kappa shape index (κ1) is 17.2. The van der Waals surface area contributed by atoms with Crippen LogP contribution in [0.4, 0.5) is 0 Å². The van der Waals surface area contributed by atoms with Crippen molar-refractivity contribution in [3.8, 4) is 0 Å². The third-order valence-corrected chi connectivity index (χ3v) is 3.51. The van der Waals surface area contributed by atoms with Crippen molar-refractivity contribution in [2.75, 3.05) is 6.54 Å². The van der Waals surface area contributed by atoms with Gasteiger partial charge in [0.1, 0.15) is 0 Å². The molecule has 0 aromatic heterocycles. The molecular weight excluding hydrogens is 266 g/mol. The number of carbonyl (C=O) groups is 2. The highest BCUT2D eigenvalue weighted by Crippen LogP contribution is 2.13. The van der Waals surface area contributed by atoms with Gasteiger partial charge in [-0.3, -0.25) is 9.59 Å². The average molecular weight is 291 g/mol. The lowest BCUT2D eigenvalue weighted by Crippen LogP contribution is -2.39. The largest absolute Gasteiger partial charge is 0.481 e. The molecule has 1 aromatic carbocycles. The monoisotopic (exact) mass is 291 g/mol. The minimum atomic E-state index is -0.945. The summed E-state index contributed by atoms with van der Waals surface area (Å²) < 4.78 is 0. The number of aryl methyl sites for hydroxylation is 1. The predicted octanol–water partition coefficient (Wildman–Crippen LogP) is 2.80. The van der Waals surface area contributed by atoms with Crippen LogP contribution in [0.25, 0.3) is 0 Å². The number of amides is 1. The molecule has 0 aliphatic rings. The van der Waals surface area contributed by atoms with Crippen LogP contribution < -0.4 is 5.32 Å². The van der Waals surface area contributed by atoms with Crippen LogP contribution in [0.3, 0.4) is 0 Å². The average Bonchev–Trinajstić information content (AvgIpc) is 2.44. The molecule has 0 aliphatic carbocycles. The number of hydrogen-bond acceptors (Lipinski definition) is 2. The topological polar surface area (TPSA) is 66.4 Å². The van der Waals surface area contributed by atoms with Crippen LogP contribution in [0, 0.1) is 5.41 Å². The van der Waals surface area contributed by atoms with Crippen molar-refractivity contribution >= 4 is 11.9 Å². The summed E-state index contributed by atoms with van der Waals surface area (Å²) in [6.07, 6.45) is 3.69. The molecule has 0 saturated carbocycles. The molecule has 0 bridgehead atoms. The van der Waals surface area contributed by atoms with Crippen molar-refractivity contribution < 1.29 is 14.7 Å². The first-order valence-corrected chi connectivity index (χ1v) is 7.43. The van der Waals surface area contributed by atoms with Gasteiger partial charge in [0.25, 0.3) is 0 Å². The molecule has 0 heterocycles. The summed E-state index contributed by atoms with van der Waals surface area (Å²) in [7, 11) is 0. The molecule has 21 heavy (non-hydrogen) atoms. The fourth-order valence-electron chi connectivity index (χ4n) is 1.85. The summed E-state index contributed by atoms with van der Waals surface area (Å²) in [5, 5.41) is 11.7. The molecule has 0 fully saturated rings. The fourth-order valence-corrected chi connectivity index (χ4v) is 1.85. The number of aliphatic carboxylic acids is 1. The molecule has 116 valence electrons. The normalized spacial score (nSPS) is 11.2. The summed E-state index contributed by atoms with van der Waals surface area (Å²) in [5.74, 6) is -1.06. The molecule has 0 unspecified atom stereocenters. The number of unbranched alkanes of at least 4 members (excludes halogenated alkanes) is 1. The van der Waals surface area contributed by atoms with Crippen molar-refractivity contribution in [1.82, 2.24) is 5.32 Å². The second kappa shape index (κ2) is 7.81. The number of carboxylic acids is 1. The third-order valence-electron chi connectivity index (χ3n) is 3.51. The Morgan fingerprint density at radius 3 is 2.24 bits per heavy atom. The molecule has 1 rings (SSSR count). The van der Waals surface area contributed by atoms with Gasteiger partial charge < -0.3 is 10.4 Å². The van der Waals surface area contributed by atoms with E-state index in [4.69, 9.17) is 5.11 Å². The van der Waals surface area contributed by atoms with Gasteiger partial charge in [-0.2, -0.15) is 0 Å². The van der Waals surface area contributed by atoms with Crippen LogP contribution in [0.5, 0.6) is 0 Å². The highest BCUT2D eigenvalue weighted by atomic mass is 16.4. The standard InChI is InChI=1S/C17H25NO3/c1-4-5-6-13-7-9-14(10-8-13)11-15(19)18-12-17(2,3)16(20)21/h7-10H,4-6,11-12H2,1-3H3,(H,18,19)(H,20,21). The summed E-state index contributed by atoms with van der Waals surface area (Å²) in [6.45, 7) is 5.49. The number of carbonyl (C=O) groups excluding carboxylic acids is 1. The number of benzene rings is 1. The minimum Gasteiger partial charge on any atom is -0.481 e. The second-order valence-electron chi connectivity index (χ2n) is 6.06. The molecular formula is C17H25NO3. The lowest BCUT2D eigenvalue weighted by molar-refractivity contribution is -0.146. The summed E-state index contributed by atoms with van der Waals surface area (Å²) in [6, 6.07) is 8.04. The quantitative estimate of drug-likeness (QED) is 0.774. The Labute approximate surface area is 126 Å². The lowest BCUT2D eigenvalue weighted by atomic mass is 9.94. The second-order valence-corrected chi connectivity index (χ2v) is 6.06. The van der Waals surface area contributed by atoms with Crippen molar-refractivity contribution in [3.05, 3.63) is 35.4 Å². The van der Waals surface area contributed by atoms with Crippen LogP contribution in [0.15, 0.2) is 24.3 Å². The van der Waals surface area contributed by atoms with E-state index in [1.807, 2.05) is 12.1 Å². The Morgan fingerprint density at radius 1 is 1.14 bits per heavy atom. The first-order chi connectivity index (χ1) is 9.85. The zero-order chi connectivity index (χ0) is 15.9. The van der Waals surface area contributed by atoms with E-state index in [0.717, 1.165) is 12.0 Å². The maximum atomic E-state index is 11.8. The number of nitrogens with one attached hydrogen (secondary N) is 1. The van der Waals surface area contributed by atoms with Crippen LogP contribution in [0.2, 0.25) is 0 Å². The van der Waals surface area contributed by atoms with E-state index in [2.05, 4.69) is 24.4 Å². The molecule has 1 amide bonds. The fraction of sp³-hybridized carbons (Fsp3) is 0.529. The number of carboxylic acid groups (broad SMARTS) is 1. The van der Waals surface area contributed by atoms with Crippen LogP contribution in [-0.2, 0) is 22.4 Å². The van der Waals surface area contributed by atoms with Crippen molar-refractivity contribution in [3.63, 3.8) is 0 Å². The Balaban J connectivity index is 2.46. The Morgan fingerprint density at radius 2 is 1.71 bits per heavy atom. The van der Waals surface area contributed by atoms with Crippen molar-refractivity contribution in [1.29, 1.82) is 0 Å². The Kier molecular flexibility index (Phi) is 6.40. The molecule has 1 aromatic rings. The van der Waals surface area contributed by atoms with Crippen LogP contribution >= 0.6 is 0 Å². The molecule has 2 N–H and O–H groups in total. The Hall–Kier alpha value is -1.84. The molecule has 0 saturated heterocycles. The van der Waals surface area contributed by atoms with Gasteiger partial charge >= 0.3 is 5.97 Å². The lowest BCUT2D eigenvalue weighted by Gasteiger charge is -2.19. The van der Waals surface area contributed by atoms with Gasteiger partial charge in [0.15, 0.2) is 0 Å². The highest BCUT2D eigenvalue weighted by molar-refractivity contribution is 5.80. The highest BCUT2D eigenvalue weighted by Gasteiger charge is 2.27. The summed E-state index contributed by atoms with van der Waals surface area (Å²) in [4.78, 5) is 22.8. The molecule has 4 nitrogen and oxygen atoms in total. The molecule has 0 spiro atoms. The van der Waals surface area contributed by atoms with Gasteiger partial charge in [0.05, 0.1) is 11.8 Å². The maximum absolute atomic E-state index is 11.8. The summed E-state index contributed by atoms with van der Waals surface area (Å²) in [5.41, 5.74) is 1.29. The molecule has 0 aliphatic heterocycles. The van der Waals surface area contributed by atoms with Gasteiger partial charge in [-0.25, -0.2) is 0 Å². The van der Waals surface area contributed by atoms with Crippen LogP contribution in [-0.4, -0.2) is 23.5 Å². The zero-order valence-corrected chi connectivity index (χ0v) is 13.1. The SMILES string of the molecule is CCCCc1ccc(CC(=O)NCC(C)(C)C(=O)O)cc1. The van der Waals surface area contributed by atoms with E-state index in [9.17, 15) is 9.59 Å². The van der Waals surface area contributed by atoms with E-state index >= 15 is 0 Å². The molecule has 0 atom stereocenters. The van der Waals surface area contributed by atoms with Gasteiger partial charge in [0, 0.05) is 6.54 Å². The summed E-state index contributed by atoms with van der Waals surface area (Å²) >= 11 is 0. The van der Waals surface area contributed by atoms with Gasteiger partial charge in [-0.05, 0) is 37.8 Å². The minimum absolute atomic E-state index is 0.135. The van der Waals surface area contributed by atoms with Gasteiger partial charge in [-0.15, -0.1) is 0 Å². The maximum Gasteiger partial charge on any atom is 0.310 e.